The van der Waals surface area contributed by atoms with Crippen LogP contribution in [-0.4, -0.2) is 32.1 Å². The largest absolute Gasteiger partial charge is 0.495 e. The van der Waals surface area contributed by atoms with E-state index in [1.807, 2.05) is 0 Å². The van der Waals surface area contributed by atoms with Gasteiger partial charge in [0.05, 0.1) is 23.1 Å². The highest BCUT2D eigenvalue weighted by Gasteiger charge is 2.19. The summed E-state index contributed by atoms with van der Waals surface area (Å²) in [6, 6.07) is 3.96. The van der Waals surface area contributed by atoms with Gasteiger partial charge in [0.25, 0.3) is 0 Å². The number of nitroso groups, excluding NO2 is 1. The first-order valence-corrected chi connectivity index (χ1v) is 5.07. The summed E-state index contributed by atoms with van der Waals surface area (Å²) in [5.41, 5.74) is 0.282. The van der Waals surface area contributed by atoms with Crippen molar-refractivity contribution in [3.05, 3.63) is 28.1 Å². The fraction of sp³-hybridized carbons (Fsp3) is 0.300. The molecule has 6 nitrogen and oxygen atoms in total. The lowest BCUT2D eigenvalue weighted by molar-refractivity contribution is 0.224. The fourth-order valence-corrected chi connectivity index (χ4v) is 1.42. The average molecular weight is 258 g/mol. The molecule has 0 radical (unpaired) electrons. The van der Waals surface area contributed by atoms with Crippen LogP contribution in [0.4, 0.5) is 10.5 Å². The fourth-order valence-electron chi connectivity index (χ4n) is 1.17. The third-order valence-corrected chi connectivity index (χ3v) is 2.32. The molecule has 0 aliphatic heterocycles. The van der Waals surface area contributed by atoms with E-state index in [2.05, 4.69) is 5.29 Å². The summed E-state index contributed by atoms with van der Waals surface area (Å²) in [5.74, 6) is 0.457. The minimum absolute atomic E-state index is 0.282. The lowest BCUT2D eigenvalue weighted by Gasteiger charge is -2.18. The van der Waals surface area contributed by atoms with Crippen molar-refractivity contribution in [2.45, 2.75) is 0 Å². The van der Waals surface area contributed by atoms with Crippen LogP contribution in [0.5, 0.6) is 5.75 Å². The zero-order chi connectivity index (χ0) is 13.0. The van der Waals surface area contributed by atoms with Gasteiger partial charge in [0.2, 0.25) is 0 Å². The van der Waals surface area contributed by atoms with E-state index in [0.29, 0.717) is 15.8 Å². The zero-order valence-electron chi connectivity index (χ0n) is 9.68. The van der Waals surface area contributed by atoms with Crippen molar-refractivity contribution in [1.82, 2.24) is 4.90 Å². The number of carbonyl (C=O) groups is 1. The SMILES string of the molecule is COc1ccc(N(N=O)C(=O)N(C)C)cc1Cl. The van der Waals surface area contributed by atoms with Crippen LogP contribution in [0.3, 0.4) is 0 Å². The monoisotopic (exact) mass is 257 g/mol. The number of hydrogen-bond donors (Lipinski definition) is 0. The van der Waals surface area contributed by atoms with Crippen LogP contribution in [-0.2, 0) is 0 Å². The van der Waals surface area contributed by atoms with Crippen molar-refractivity contribution in [2.24, 2.45) is 5.29 Å². The Bertz CT molecular complexity index is 437. The molecule has 1 aromatic carbocycles. The first kappa shape index (κ1) is 13.2. The number of anilines is 1. The van der Waals surface area contributed by atoms with Crippen molar-refractivity contribution in [3.8, 4) is 5.75 Å². The van der Waals surface area contributed by atoms with E-state index >= 15 is 0 Å². The number of halogens is 1. The van der Waals surface area contributed by atoms with Crippen LogP contribution in [0.2, 0.25) is 5.02 Å². The maximum atomic E-state index is 11.6. The van der Waals surface area contributed by atoms with Crippen molar-refractivity contribution >= 4 is 23.3 Å². The van der Waals surface area contributed by atoms with Gasteiger partial charge in [-0.15, -0.1) is 9.92 Å². The van der Waals surface area contributed by atoms with Crippen LogP contribution in [0.1, 0.15) is 0 Å². The smallest absolute Gasteiger partial charge is 0.347 e. The predicted octanol–water partition coefficient (Wildman–Crippen LogP) is 2.52. The number of rotatable bonds is 3. The molecule has 0 unspecified atom stereocenters. The van der Waals surface area contributed by atoms with E-state index in [9.17, 15) is 9.70 Å². The molecule has 0 aromatic heterocycles. The molecule has 0 fully saturated rings. The molecule has 92 valence electrons. The molecule has 0 N–H and O–H groups in total. The number of nitrogens with zero attached hydrogens (tertiary/aromatic N) is 3. The molecule has 0 saturated heterocycles. The molecule has 17 heavy (non-hydrogen) atoms. The molecule has 1 aromatic rings. The summed E-state index contributed by atoms with van der Waals surface area (Å²) in [5, 5.41) is 3.68. The summed E-state index contributed by atoms with van der Waals surface area (Å²) in [4.78, 5) is 23.5. The lowest BCUT2D eigenvalue weighted by atomic mass is 10.3. The van der Waals surface area contributed by atoms with E-state index < -0.39 is 6.03 Å². The molecule has 7 heteroatoms. The maximum Gasteiger partial charge on any atom is 0.347 e. The van der Waals surface area contributed by atoms with Gasteiger partial charge in [-0.1, -0.05) is 11.6 Å². The summed E-state index contributed by atoms with van der Waals surface area (Å²) in [7, 11) is 4.51. The lowest BCUT2D eigenvalue weighted by Crippen LogP contribution is -2.35. The Morgan fingerprint density at radius 1 is 1.41 bits per heavy atom. The summed E-state index contributed by atoms with van der Waals surface area (Å²) < 4.78 is 4.97. The predicted molar refractivity (Wildman–Crippen MR) is 65.4 cm³/mol. The molecule has 0 aliphatic rings. The Hall–Kier alpha value is -1.82. The summed E-state index contributed by atoms with van der Waals surface area (Å²) >= 11 is 5.89. The topological polar surface area (TPSA) is 62.2 Å². The molecular formula is C10H12ClN3O3. The van der Waals surface area contributed by atoms with Gasteiger partial charge in [0, 0.05) is 14.1 Å². The molecule has 0 atom stereocenters. The van der Waals surface area contributed by atoms with Crippen LogP contribution < -0.4 is 9.75 Å². The highest BCUT2D eigenvalue weighted by atomic mass is 35.5. The summed E-state index contributed by atoms with van der Waals surface area (Å²) in [6.45, 7) is 0. The van der Waals surface area contributed by atoms with Gasteiger partial charge in [-0.3, -0.25) is 0 Å². The number of urea groups is 1. The van der Waals surface area contributed by atoms with Crippen molar-refractivity contribution < 1.29 is 9.53 Å². The van der Waals surface area contributed by atoms with E-state index in [4.69, 9.17) is 16.3 Å². The molecule has 0 spiro atoms. The Morgan fingerprint density at radius 3 is 2.47 bits per heavy atom. The van der Waals surface area contributed by atoms with Gasteiger partial charge in [-0.25, -0.2) is 4.79 Å². The third kappa shape index (κ3) is 2.85. The number of ether oxygens (including phenoxy) is 1. The molecular weight excluding hydrogens is 246 g/mol. The van der Waals surface area contributed by atoms with Crippen LogP contribution in [0.15, 0.2) is 23.5 Å². The van der Waals surface area contributed by atoms with Crippen molar-refractivity contribution in [1.29, 1.82) is 0 Å². The van der Waals surface area contributed by atoms with Crippen LogP contribution >= 0.6 is 11.6 Å². The van der Waals surface area contributed by atoms with E-state index in [0.717, 1.165) is 0 Å². The highest BCUT2D eigenvalue weighted by molar-refractivity contribution is 6.32. The van der Waals surface area contributed by atoms with Gasteiger partial charge in [-0.2, -0.15) is 0 Å². The molecule has 2 amide bonds. The van der Waals surface area contributed by atoms with Gasteiger partial charge in [0.15, 0.2) is 0 Å². The first-order valence-electron chi connectivity index (χ1n) is 4.69. The third-order valence-electron chi connectivity index (χ3n) is 2.03. The van der Waals surface area contributed by atoms with E-state index in [1.54, 1.807) is 6.07 Å². The zero-order valence-corrected chi connectivity index (χ0v) is 10.4. The van der Waals surface area contributed by atoms with E-state index in [-0.39, 0.29) is 5.69 Å². The number of methoxy groups -OCH3 is 1. The molecule has 1 rings (SSSR count). The molecule has 0 aliphatic carbocycles. The molecule has 0 bridgehead atoms. The molecule has 0 heterocycles. The second-order valence-corrected chi connectivity index (χ2v) is 3.80. The Kier molecular flexibility index (Phi) is 4.28. The Balaban J connectivity index is 3.09. The number of hydrogen-bond acceptors (Lipinski definition) is 4. The standard InChI is InChI=1S/C10H12ClN3O3/c1-13(2)10(15)14(12-16)7-4-5-9(17-3)8(11)6-7/h4-6H,1-3H3. The Morgan fingerprint density at radius 2 is 2.06 bits per heavy atom. The second-order valence-electron chi connectivity index (χ2n) is 3.39. The molecule has 0 saturated carbocycles. The normalized spacial score (nSPS) is 9.65. The van der Waals surface area contributed by atoms with Gasteiger partial charge in [0.1, 0.15) is 5.75 Å². The quantitative estimate of drug-likeness (QED) is 0.617. The van der Waals surface area contributed by atoms with Crippen LogP contribution in [0.25, 0.3) is 0 Å². The number of carbonyl (C=O) groups excluding carboxylic acids is 1. The number of benzene rings is 1. The van der Waals surface area contributed by atoms with Crippen molar-refractivity contribution in [3.63, 3.8) is 0 Å². The van der Waals surface area contributed by atoms with E-state index in [1.165, 1.54) is 38.2 Å². The van der Waals surface area contributed by atoms with Gasteiger partial charge < -0.3 is 9.64 Å². The Labute approximate surface area is 104 Å². The summed E-state index contributed by atoms with van der Waals surface area (Å²) in [6.07, 6.45) is 0. The minimum Gasteiger partial charge on any atom is -0.495 e. The van der Waals surface area contributed by atoms with Crippen molar-refractivity contribution in [2.75, 3.05) is 26.2 Å². The van der Waals surface area contributed by atoms with Crippen LogP contribution in [0, 0.1) is 4.91 Å². The highest BCUT2D eigenvalue weighted by Crippen LogP contribution is 2.29. The first-order chi connectivity index (χ1) is 8.01. The van der Waals surface area contributed by atoms with Gasteiger partial charge in [-0.05, 0) is 18.2 Å². The van der Waals surface area contributed by atoms with Gasteiger partial charge >= 0.3 is 6.03 Å². The second kappa shape index (κ2) is 5.49. The maximum absolute atomic E-state index is 11.6. The average Bonchev–Trinajstić information content (AvgIpc) is 2.30. The minimum atomic E-state index is -0.554. The number of amides is 2.